The third kappa shape index (κ3) is 5.89. The standard InChI is InChI=1S/C32H33FN6O4/c1-20-17-37(21(2)31-35-27-10-8-22(32(40)41)15-28(27)39(31)18-25-11-14-42-25)12-13-38(20)29-5-4-6-30(36-29)43-19-23-7-9-24(34-3)16-26(23)33/h4-10,15-16,20-21,25H,11-14,17-19H2,1-2H3,(H,40,41)/t20-,21+,25+/m1/s1. The van der Waals surface area contributed by atoms with Gasteiger partial charge in [-0.05, 0) is 50.6 Å². The number of halogens is 1. The summed E-state index contributed by atoms with van der Waals surface area (Å²) >= 11 is 0. The molecule has 0 spiro atoms. The number of rotatable bonds is 9. The smallest absolute Gasteiger partial charge is 0.335 e. The van der Waals surface area contributed by atoms with Crippen molar-refractivity contribution in [3.05, 3.63) is 88.8 Å². The minimum Gasteiger partial charge on any atom is -0.478 e. The quantitative estimate of drug-likeness (QED) is 0.259. The van der Waals surface area contributed by atoms with E-state index in [2.05, 4.69) is 33.1 Å². The summed E-state index contributed by atoms with van der Waals surface area (Å²) in [5.74, 6) is 0.663. The van der Waals surface area contributed by atoms with E-state index in [0.29, 0.717) is 18.0 Å². The van der Waals surface area contributed by atoms with Crippen molar-refractivity contribution in [1.82, 2.24) is 19.4 Å². The summed E-state index contributed by atoms with van der Waals surface area (Å²) in [6.07, 6.45) is 1.07. The van der Waals surface area contributed by atoms with Gasteiger partial charge in [0.15, 0.2) is 5.69 Å². The lowest BCUT2D eigenvalue weighted by Gasteiger charge is -2.43. The number of nitrogens with zero attached hydrogens (tertiary/aromatic N) is 6. The van der Waals surface area contributed by atoms with E-state index >= 15 is 0 Å². The zero-order chi connectivity index (χ0) is 30.1. The van der Waals surface area contributed by atoms with Gasteiger partial charge in [-0.25, -0.2) is 19.0 Å². The highest BCUT2D eigenvalue weighted by molar-refractivity contribution is 5.92. The Labute approximate surface area is 249 Å². The summed E-state index contributed by atoms with van der Waals surface area (Å²) in [6, 6.07) is 15.2. The zero-order valence-corrected chi connectivity index (χ0v) is 24.1. The van der Waals surface area contributed by atoms with Crippen LogP contribution >= 0.6 is 0 Å². The largest absolute Gasteiger partial charge is 0.478 e. The number of hydrogen-bond donors (Lipinski definition) is 1. The maximum absolute atomic E-state index is 14.3. The molecule has 2 aliphatic heterocycles. The molecule has 2 aliphatic rings. The van der Waals surface area contributed by atoms with Gasteiger partial charge in [0.25, 0.3) is 0 Å². The van der Waals surface area contributed by atoms with Crippen molar-refractivity contribution in [2.24, 2.45) is 0 Å². The molecular formula is C32H33FN6O4. The Morgan fingerprint density at radius 3 is 2.74 bits per heavy atom. The fourth-order valence-corrected chi connectivity index (χ4v) is 5.78. The molecule has 3 atom stereocenters. The topological polar surface area (TPSA) is 97.3 Å². The van der Waals surface area contributed by atoms with Crippen molar-refractivity contribution in [2.45, 2.75) is 51.6 Å². The summed E-state index contributed by atoms with van der Waals surface area (Å²) in [7, 11) is 0. The summed E-state index contributed by atoms with van der Waals surface area (Å²) in [5.41, 5.74) is 2.45. The van der Waals surface area contributed by atoms with Crippen molar-refractivity contribution >= 4 is 28.5 Å². The van der Waals surface area contributed by atoms with E-state index < -0.39 is 11.8 Å². The van der Waals surface area contributed by atoms with Gasteiger partial charge >= 0.3 is 5.97 Å². The number of hydrogen-bond acceptors (Lipinski definition) is 7. The van der Waals surface area contributed by atoms with Crippen LogP contribution in [0.25, 0.3) is 15.9 Å². The molecular weight excluding hydrogens is 551 g/mol. The molecule has 0 radical (unpaired) electrons. The molecule has 2 aromatic heterocycles. The SMILES string of the molecule is [C-]#[N+]c1ccc(COc2cccc(N3CCN([C@@H](C)c4nc5ccc(C(=O)O)cc5n4C[C@@H]4CCO4)C[C@H]3C)n2)c(F)c1. The number of carboxylic acid groups (broad SMARTS) is 1. The number of imidazole rings is 1. The molecule has 6 rings (SSSR count). The van der Waals surface area contributed by atoms with Crippen LogP contribution in [-0.2, 0) is 17.9 Å². The lowest BCUT2D eigenvalue weighted by molar-refractivity contribution is -0.0594. The zero-order valence-electron chi connectivity index (χ0n) is 24.1. The van der Waals surface area contributed by atoms with E-state index in [9.17, 15) is 14.3 Å². The van der Waals surface area contributed by atoms with Gasteiger partial charge in [-0.1, -0.05) is 18.2 Å². The van der Waals surface area contributed by atoms with Crippen LogP contribution in [-0.4, -0.2) is 68.9 Å². The Hall–Kier alpha value is -4.53. The number of anilines is 1. The summed E-state index contributed by atoms with van der Waals surface area (Å²) < 4.78 is 28.0. The molecule has 0 aliphatic carbocycles. The average Bonchev–Trinajstić information content (AvgIpc) is 3.35. The summed E-state index contributed by atoms with van der Waals surface area (Å²) in [5, 5.41) is 9.57. The third-order valence-electron chi connectivity index (χ3n) is 8.33. The highest BCUT2D eigenvalue weighted by Gasteiger charge is 2.32. The molecule has 1 N–H and O–H groups in total. The van der Waals surface area contributed by atoms with Crippen LogP contribution in [0, 0.1) is 12.4 Å². The van der Waals surface area contributed by atoms with Crippen LogP contribution in [0.1, 0.15) is 48.1 Å². The highest BCUT2D eigenvalue weighted by atomic mass is 19.1. The maximum Gasteiger partial charge on any atom is 0.335 e. The molecule has 11 heteroatoms. The third-order valence-corrected chi connectivity index (χ3v) is 8.33. The number of aromatic nitrogens is 3. The van der Waals surface area contributed by atoms with Crippen molar-refractivity contribution in [3.63, 3.8) is 0 Å². The molecule has 2 saturated heterocycles. The monoisotopic (exact) mass is 584 g/mol. The fraction of sp³-hybridized carbons (Fsp3) is 0.375. The van der Waals surface area contributed by atoms with Crippen molar-refractivity contribution in [3.8, 4) is 5.88 Å². The van der Waals surface area contributed by atoms with Gasteiger partial charge in [0.1, 0.15) is 24.1 Å². The number of aromatic carboxylic acids is 1. The first-order chi connectivity index (χ1) is 20.8. The molecule has 0 unspecified atom stereocenters. The number of fused-ring (bicyclic) bond motifs is 1. The van der Waals surface area contributed by atoms with Gasteiger partial charge in [0, 0.05) is 43.9 Å². The Bertz CT molecular complexity index is 1700. The summed E-state index contributed by atoms with van der Waals surface area (Å²) in [6.45, 7) is 15.0. The Kier molecular flexibility index (Phi) is 7.97. The van der Waals surface area contributed by atoms with Crippen molar-refractivity contribution < 1.29 is 23.8 Å². The molecule has 4 heterocycles. The van der Waals surface area contributed by atoms with Gasteiger partial charge in [-0.15, -0.1) is 0 Å². The van der Waals surface area contributed by atoms with Crippen LogP contribution in [0.4, 0.5) is 15.9 Å². The van der Waals surface area contributed by atoms with Crippen LogP contribution in [0.2, 0.25) is 0 Å². The molecule has 222 valence electrons. The van der Waals surface area contributed by atoms with Crippen LogP contribution in [0.5, 0.6) is 5.88 Å². The second kappa shape index (κ2) is 12.0. The lowest BCUT2D eigenvalue weighted by Crippen LogP contribution is -2.53. The van der Waals surface area contributed by atoms with Gasteiger partial charge in [0.05, 0.1) is 41.9 Å². The fourth-order valence-electron chi connectivity index (χ4n) is 5.78. The molecule has 2 aromatic carbocycles. The van der Waals surface area contributed by atoms with E-state index in [-0.39, 0.29) is 36.0 Å². The number of pyridine rings is 1. The second-order valence-corrected chi connectivity index (χ2v) is 11.1. The number of carbonyl (C=O) groups is 1. The molecule has 2 fully saturated rings. The van der Waals surface area contributed by atoms with Gasteiger partial charge < -0.3 is 24.0 Å². The van der Waals surface area contributed by atoms with Crippen molar-refractivity contribution in [2.75, 3.05) is 31.1 Å². The first kappa shape index (κ1) is 28.6. The predicted octanol–water partition coefficient (Wildman–Crippen LogP) is 5.46. The summed E-state index contributed by atoms with van der Waals surface area (Å²) in [4.78, 5) is 29.2. The maximum atomic E-state index is 14.3. The number of piperazine rings is 1. The van der Waals surface area contributed by atoms with Crippen LogP contribution in [0.15, 0.2) is 54.6 Å². The molecule has 10 nitrogen and oxygen atoms in total. The lowest BCUT2D eigenvalue weighted by atomic mass is 10.1. The molecule has 0 bridgehead atoms. The van der Waals surface area contributed by atoms with E-state index in [1.165, 1.54) is 6.07 Å². The Morgan fingerprint density at radius 1 is 1.21 bits per heavy atom. The highest BCUT2D eigenvalue weighted by Crippen LogP contribution is 2.31. The number of benzene rings is 2. The van der Waals surface area contributed by atoms with Gasteiger partial charge in [0.2, 0.25) is 5.88 Å². The van der Waals surface area contributed by atoms with E-state index in [1.807, 2.05) is 12.1 Å². The molecule has 43 heavy (non-hydrogen) atoms. The van der Waals surface area contributed by atoms with Crippen LogP contribution < -0.4 is 9.64 Å². The number of ether oxygens (including phenoxy) is 2. The predicted molar refractivity (Wildman–Crippen MR) is 159 cm³/mol. The van der Waals surface area contributed by atoms with E-state index in [4.69, 9.17) is 26.0 Å². The van der Waals surface area contributed by atoms with E-state index in [1.54, 1.807) is 36.4 Å². The first-order valence-corrected chi connectivity index (χ1v) is 14.4. The second-order valence-electron chi connectivity index (χ2n) is 11.1. The Balaban J connectivity index is 1.16. The number of carboxylic acids is 1. The molecule has 4 aromatic rings. The van der Waals surface area contributed by atoms with Gasteiger partial charge in [-0.2, -0.15) is 4.98 Å². The van der Waals surface area contributed by atoms with E-state index in [0.717, 1.165) is 55.3 Å². The normalized spacial score (nSPS) is 19.5. The minimum atomic E-state index is -0.959. The molecule has 0 amide bonds. The average molecular weight is 585 g/mol. The van der Waals surface area contributed by atoms with Gasteiger partial charge in [-0.3, -0.25) is 4.90 Å². The minimum absolute atomic E-state index is 0.00267. The molecule has 0 saturated carbocycles. The first-order valence-electron chi connectivity index (χ1n) is 14.4. The Morgan fingerprint density at radius 2 is 2.05 bits per heavy atom. The van der Waals surface area contributed by atoms with Crippen LogP contribution in [0.3, 0.4) is 0 Å². The van der Waals surface area contributed by atoms with Crippen molar-refractivity contribution in [1.29, 1.82) is 0 Å².